The molecule has 0 fully saturated rings. The summed E-state index contributed by atoms with van der Waals surface area (Å²) in [6.45, 7) is 0.948. The molecule has 0 radical (unpaired) electrons. The van der Waals surface area contributed by atoms with Crippen molar-refractivity contribution in [2.75, 3.05) is 6.54 Å². The SMILES string of the molecule is [N-]=[N+]=NCC1(O)CCCn2cncc21. The third-order valence-electron chi connectivity index (χ3n) is 2.57. The van der Waals surface area contributed by atoms with Crippen LogP contribution in [-0.2, 0) is 12.1 Å². The Hall–Kier alpha value is -1.52. The number of hydrogen-bond donors (Lipinski definition) is 1. The molecule has 1 unspecified atom stereocenters. The summed E-state index contributed by atoms with van der Waals surface area (Å²) in [7, 11) is 0. The largest absolute Gasteiger partial charge is 0.383 e. The van der Waals surface area contributed by atoms with Crippen LogP contribution in [0.2, 0.25) is 0 Å². The van der Waals surface area contributed by atoms with Crippen molar-refractivity contribution in [2.24, 2.45) is 5.11 Å². The van der Waals surface area contributed by atoms with E-state index in [4.69, 9.17) is 5.53 Å². The minimum Gasteiger partial charge on any atom is -0.383 e. The second-order valence-corrected chi connectivity index (χ2v) is 3.50. The van der Waals surface area contributed by atoms with Crippen LogP contribution in [0.4, 0.5) is 0 Å². The molecule has 1 N–H and O–H groups in total. The van der Waals surface area contributed by atoms with Gasteiger partial charge in [0.15, 0.2) is 0 Å². The highest BCUT2D eigenvalue weighted by Gasteiger charge is 2.34. The summed E-state index contributed by atoms with van der Waals surface area (Å²) >= 11 is 0. The van der Waals surface area contributed by atoms with Crippen LogP contribution in [0.3, 0.4) is 0 Å². The fourth-order valence-corrected chi connectivity index (χ4v) is 1.86. The quantitative estimate of drug-likeness (QED) is 0.434. The molecule has 6 heteroatoms. The zero-order chi connectivity index (χ0) is 10.0. The van der Waals surface area contributed by atoms with Crippen molar-refractivity contribution >= 4 is 0 Å². The van der Waals surface area contributed by atoms with Crippen LogP contribution < -0.4 is 0 Å². The lowest BCUT2D eigenvalue weighted by molar-refractivity contribution is 0.0145. The standard InChI is InChI=1S/C8H11N5O/c9-12-11-5-8(14)2-1-3-13-6-10-4-7(8)13/h4,6,14H,1-3,5H2. The van der Waals surface area contributed by atoms with Crippen LogP contribution in [0.15, 0.2) is 17.6 Å². The summed E-state index contributed by atoms with van der Waals surface area (Å²) in [5.41, 5.74) is 7.95. The van der Waals surface area contributed by atoms with Gasteiger partial charge in [-0.2, -0.15) is 0 Å². The summed E-state index contributed by atoms with van der Waals surface area (Å²) in [6.07, 6.45) is 4.82. The Labute approximate surface area is 80.8 Å². The first kappa shape index (κ1) is 9.05. The van der Waals surface area contributed by atoms with Crippen molar-refractivity contribution < 1.29 is 5.11 Å². The first-order valence-corrected chi connectivity index (χ1v) is 4.50. The molecule has 2 rings (SSSR count). The maximum Gasteiger partial charge on any atom is 0.112 e. The Morgan fingerprint density at radius 3 is 3.43 bits per heavy atom. The molecule has 0 saturated heterocycles. The van der Waals surface area contributed by atoms with Crippen molar-refractivity contribution in [3.05, 3.63) is 28.7 Å². The molecule has 2 heterocycles. The lowest BCUT2D eigenvalue weighted by atomic mass is 9.91. The summed E-state index contributed by atoms with van der Waals surface area (Å²) in [5, 5.41) is 13.7. The van der Waals surface area contributed by atoms with Crippen LogP contribution in [-0.4, -0.2) is 21.2 Å². The van der Waals surface area contributed by atoms with Gasteiger partial charge in [-0.3, -0.25) is 0 Å². The number of nitrogens with zero attached hydrogens (tertiary/aromatic N) is 5. The topological polar surface area (TPSA) is 86.8 Å². The molecule has 1 aliphatic heterocycles. The minimum absolute atomic E-state index is 0.0786. The highest BCUT2D eigenvalue weighted by molar-refractivity contribution is 5.13. The van der Waals surface area contributed by atoms with E-state index in [1.807, 2.05) is 4.57 Å². The fourth-order valence-electron chi connectivity index (χ4n) is 1.86. The van der Waals surface area contributed by atoms with Gasteiger partial charge in [-0.15, -0.1) is 0 Å². The van der Waals surface area contributed by atoms with Crippen LogP contribution in [0.5, 0.6) is 0 Å². The number of rotatable bonds is 2. The predicted octanol–water partition coefficient (Wildman–Crippen LogP) is 1.17. The molecular formula is C8H11N5O. The van der Waals surface area contributed by atoms with E-state index >= 15 is 0 Å². The van der Waals surface area contributed by atoms with Crippen LogP contribution in [0, 0.1) is 0 Å². The zero-order valence-electron chi connectivity index (χ0n) is 7.67. The maximum atomic E-state index is 10.2. The van der Waals surface area contributed by atoms with E-state index in [1.165, 1.54) is 0 Å². The molecule has 0 amide bonds. The third kappa shape index (κ3) is 1.34. The van der Waals surface area contributed by atoms with E-state index in [2.05, 4.69) is 15.0 Å². The number of hydrogen-bond acceptors (Lipinski definition) is 3. The van der Waals surface area contributed by atoms with E-state index in [1.54, 1.807) is 12.5 Å². The lowest BCUT2D eigenvalue weighted by Gasteiger charge is -2.31. The van der Waals surface area contributed by atoms with Crippen molar-refractivity contribution in [1.82, 2.24) is 9.55 Å². The average Bonchev–Trinajstić information content (AvgIpc) is 2.65. The Morgan fingerprint density at radius 2 is 2.64 bits per heavy atom. The minimum atomic E-state index is -1.03. The fraction of sp³-hybridized carbons (Fsp3) is 0.625. The van der Waals surface area contributed by atoms with Crippen LogP contribution in [0.1, 0.15) is 18.5 Å². The monoisotopic (exact) mass is 193 g/mol. The van der Waals surface area contributed by atoms with Crippen LogP contribution >= 0.6 is 0 Å². The van der Waals surface area contributed by atoms with Crippen molar-refractivity contribution in [3.63, 3.8) is 0 Å². The molecule has 74 valence electrons. The molecule has 0 aliphatic carbocycles. The Kier molecular flexibility index (Phi) is 2.15. The second kappa shape index (κ2) is 3.32. The first-order valence-electron chi connectivity index (χ1n) is 4.50. The smallest absolute Gasteiger partial charge is 0.112 e. The molecule has 1 atom stereocenters. The molecule has 14 heavy (non-hydrogen) atoms. The first-order chi connectivity index (χ1) is 6.76. The molecular weight excluding hydrogens is 182 g/mol. The number of aromatic nitrogens is 2. The Balaban J connectivity index is 2.34. The molecule has 1 aliphatic rings. The van der Waals surface area contributed by atoms with E-state index in [0.717, 1.165) is 18.7 Å². The van der Waals surface area contributed by atoms with Gasteiger partial charge in [-0.1, -0.05) is 5.11 Å². The van der Waals surface area contributed by atoms with E-state index in [-0.39, 0.29) is 6.54 Å². The molecule has 0 aromatic carbocycles. The van der Waals surface area contributed by atoms with Gasteiger partial charge in [0.2, 0.25) is 0 Å². The van der Waals surface area contributed by atoms with Gasteiger partial charge in [-0.05, 0) is 18.4 Å². The van der Waals surface area contributed by atoms with Crippen LogP contribution in [0.25, 0.3) is 10.4 Å². The number of azide groups is 1. The number of fused-ring (bicyclic) bond motifs is 1. The second-order valence-electron chi connectivity index (χ2n) is 3.50. The lowest BCUT2D eigenvalue weighted by Crippen LogP contribution is -2.35. The highest BCUT2D eigenvalue weighted by Crippen LogP contribution is 2.31. The normalized spacial score (nSPS) is 25.2. The third-order valence-corrected chi connectivity index (χ3v) is 2.57. The van der Waals surface area contributed by atoms with Gasteiger partial charge in [0, 0.05) is 11.5 Å². The highest BCUT2D eigenvalue weighted by atomic mass is 16.3. The molecule has 0 spiro atoms. The molecule has 6 nitrogen and oxygen atoms in total. The molecule has 0 bridgehead atoms. The maximum absolute atomic E-state index is 10.2. The van der Waals surface area contributed by atoms with Gasteiger partial charge in [0.05, 0.1) is 24.8 Å². The average molecular weight is 193 g/mol. The van der Waals surface area contributed by atoms with Gasteiger partial charge >= 0.3 is 0 Å². The van der Waals surface area contributed by atoms with Gasteiger partial charge in [0.25, 0.3) is 0 Å². The summed E-state index contributed by atoms with van der Waals surface area (Å²) in [6, 6.07) is 0. The van der Waals surface area contributed by atoms with Crippen molar-refractivity contribution in [3.8, 4) is 0 Å². The van der Waals surface area contributed by atoms with E-state index in [0.29, 0.717) is 6.42 Å². The zero-order valence-corrected chi connectivity index (χ0v) is 7.67. The van der Waals surface area contributed by atoms with Crippen molar-refractivity contribution in [1.29, 1.82) is 0 Å². The van der Waals surface area contributed by atoms with Gasteiger partial charge in [-0.25, -0.2) is 4.98 Å². The number of aliphatic hydroxyl groups is 1. The Bertz CT molecular complexity index is 381. The summed E-state index contributed by atoms with van der Waals surface area (Å²) < 4.78 is 1.90. The summed E-state index contributed by atoms with van der Waals surface area (Å²) in [5.74, 6) is 0. The molecule has 1 aromatic rings. The van der Waals surface area contributed by atoms with E-state index < -0.39 is 5.60 Å². The molecule has 1 aromatic heterocycles. The summed E-state index contributed by atoms with van der Waals surface area (Å²) in [4.78, 5) is 6.64. The predicted molar refractivity (Wildman–Crippen MR) is 49.4 cm³/mol. The van der Waals surface area contributed by atoms with Crippen molar-refractivity contribution in [2.45, 2.75) is 25.0 Å². The van der Waals surface area contributed by atoms with E-state index in [9.17, 15) is 5.11 Å². The Morgan fingerprint density at radius 1 is 1.79 bits per heavy atom. The number of imidazole rings is 1. The number of aryl methyl sites for hydroxylation is 1. The van der Waals surface area contributed by atoms with Gasteiger partial charge < -0.3 is 9.67 Å². The molecule has 0 saturated carbocycles. The van der Waals surface area contributed by atoms with Gasteiger partial charge in [0.1, 0.15) is 5.60 Å².